The SMILES string of the molecule is CCOC1=CC(C=O)=C(c2ccc(F)c(F)c2F)C(C)C1C. The number of carbonyl (C=O) groups is 1. The van der Waals surface area contributed by atoms with Gasteiger partial charge in [-0.15, -0.1) is 0 Å². The summed E-state index contributed by atoms with van der Waals surface area (Å²) in [5.74, 6) is -3.81. The summed E-state index contributed by atoms with van der Waals surface area (Å²) < 4.78 is 46.2. The summed E-state index contributed by atoms with van der Waals surface area (Å²) in [5.41, 5.74) is 0.494. The van der Waals surface area contributed by atoms with Crippen molar-refractivity contribution in [2.45, 2.75) is 20.8 Å². The lowest BCUT2D eigenvalue weighted by molar-refractivity contribution is -0.104. The Morgan fingerprint density at radius 3 is 2.41 bits per heavy atom. The predicted molar refractivity (Wildman–Crippen MR) is 77.3 cm³/mol. The summed E-state index contributed by atoms with van der Waals surface area (Å²) in [5, 5.41) is 0. The average molecular weight is 310 g/mol. The van der Waals surface area contributed by atoms with Crippen molar-refractivity contribution in [3.63, 3.8) is 0 Å². The molecule has 0 saturated carbocycles. The minimum Gasteiger partial charge on any atom is -0.498 e. The first-order valence-corrected chi connectivity index (χ1v) is 7.09. The zero-order valence-corrected chi connectivity index (χ0v) is 12.6. The van der Waals surface area contributed by atoms with Gasteiger partial charge < -0.3 is 4.74 Å². The van der Waals surface area contributed by atoms with Crippen molar-refractivity contribution in [3.05, 3.63) is 52.6 Å². The van der Waals surface area contributed by atoms with E-state index >= 15 is 0 Å². The molecule has 2 atom stereocenters. The van der Waals surface area contributed by atoms with Gasteiger partial charge in [-0.05, 0) is 36.6 Å². The Labute approximate surface area is 127 Å². The number of hydrogen-bond donors (Lipinski definition) is 0. The van der Waals surface area contributed by atoms with E-state index in [-0.39, 0.29) is 23.0 Å². The van der Waals surface area contributed by atoms with E-state index in [2.05, 4.69) is 0 Å². The number of benzene rings is 1. The van der Waals surface area contributed by atoms with Gasteiger partial charge in [-0.2, -0.15) is 0 Å². The summed E-state index contributed by atoms with van der Waals surface area (Å²) in [7, 11) is 0. The molecule has 2 nitrogen and oxygen atoms in total. The largest absolute Gasteiger partial charge is 0.498 e. The third-order valence-corrected chi connectivity index (χ3v) is 4.03. The molecule has 2 unspecified atom stereocenters. The van der Waals surface area contributed by atoms with Crippen LogP contribution in [0.15, 0.2) is 29.5 Å². The quantitative estimate of drug-likeness (QED) is 0.613. The monoisotopic (exact) mass is 310 g/mol. The van der Waals surface area contributed by atoms with Crippen LogP contribution in [0.4, 0.5) is 13.2 Å². The number of halogens is 3. The number of ether oxygens (including phenoxy) is 1. The highest BCUT2D eigenvalue weighted by atomic mass is 19.2. The smallest absolute Gasteiger partial charge is 0.195 e. The van der Waals surface area contributed by atoms with E-state index in [1.54, 1.807) is 6.92 Å². The van der Waals surface area contributed by atoms with Crippen LogP contribution in [0.25, 0.3) is 5.57 Å². The molecule has 1 aliphatic rings. The van der Waals surface area contributed by atoms with Crippen LogP contribution >= 0.6 is 0 Å². The predicted octanol–water partition coefficient (Wildman–Crippen LogP) is 4.26. The standard InChI is InChI=1S/C17H17F3O2/c1-4-22-14-7-11(8-21)15(10(3)9(14)2)12-5-6-13(18)17(20)16(12)19/h5-10H,4H2,1-3H3. The molecular weight excluding hydrogens is 293 g/mol. The van der Waals surface area contributed by atoms with E-state index < -0.39 is 17.5 Å². The zero-order valence-electron chi connectivity index (χ0n) is 12.6. The Hall–Kier alpha value is -2.04. The van der Waals surface area contributed by atoms with Gasteiger partial charge in [-0.25, -0.2) is 13.2 Å². The molecule has 0 aliphatic heterocycles. The number of rotatable bonds is 4. The van der Waals surface area contributed by atoms with Gasteiger partial charge >= 0.3 is 0 Å². The molecule has 0 aromatic heterocycles. The highest BCUT2D eigenvalue weighted by Crippen LogP contribution is 2.41. The Kier molecular flexibility index (Phi) is 4.74. The number of aldehydes is 1. The van der Waals surface area contributed by atoms with E-state index in [9.17, 15) is 18.0 Å². The van der Waals surface area contributed by atoms with Crippen molar-refractivity contribution < 1.29 is 22.7 Å². The maximum absolute atomic E-state index is 14.1. The van der Waals surface area contributed by atoms with Crippen molar-refractivity contribution in [1.82, 2.24) is 0 Å². The molecule has 0 radical (unpaired) electrons. The van der Waals surface area contributed by atoms with Gasteiger partial charge in [0, 0.05) is 17.1 Å². The Morgan fingerprint density at radius 1 is 1.14 bits per heavy atom. The molecule has 0 bridgehead atoms. The Morgan fingerprint density at radius 2 is 1.82 bits per heavy atom. The topological polar surface area (TPSA) is 26.3 Å². The number of allylic oxidation sites excluding steroid dienone is 4. The molecule has 0 amide bonds. The summed E-state index contributed by atoms with van der Waals surface area (Å²) in [6.45, 7) is 5.96. The minimum atomic E-state index is -1.53. The lowest BCUT2D eigenvalue weighted by Gasteiger charge is -2.30. The highest BCUT2D eigenvalue weighted by molar-refractivity contribution is 5.93. The molecule has 0 spiro atoms. The second kappa shape index (κ2) is 6.38. The maximum Gasteiger partial charge on any atom is 0.195 e. The van der Waals surface area contributed by atoms with Gasteiger partial charge in [-0.3, -0.25) is 4.79 Å². The molecule has 22 heavy (non-hydrogen) atoms. The minimum absolute atomic E-state index is 0.0906. The fourth-order valence-corrected chi connectivity index (χ4v) is 2.69. The van der Waals surface area contributed by atoms with E-state index in [1.807, 2.05) is 13.8 Å². The van der Waals surface area contributed by atoms with Crippen molar-refractivity contribution in [1.29, 1.82) is 0 Å². The lowest BCUT2D eigenvalue weighted by Crippen LogP contribution is -2.21. The molecule has 0 saturated heterocycles. The van der Waals surface area contributed by atoms with Crippen molar-refractivity contribution in [2.24, 2.45) is 11.8 Å². The summed E-state index contributed by atoms with van der Waals surface area (Å²) in [6, 6.07) is 2.03. The molecule has 0 fully saturated rings. The highest BCUT2D eigenvalue weighted by Gasteiger charge is 2.31. The van der Waals surface area contributed by atoms with Crippen LogP contribution in [-0.4, -0.2) is 12.9 Å². The summed E-state index contributed by atoms with van der Waals surface area (Å²) in [4.78, 5) is 11.4. The van der Waals surface area contributed by atoms with Crippen LogP contribution in [0.2, 0.25) is 0 Å². The Bertz CT molecular complexity index is 662. The first-order valence-electron chi connectivity index (χ1n) is 7.09. The van der Waals surface area contributed by atoms with Crippen LogP contribution in [0.5, 0.6) is 0 Å². The van der Waals surface area contributed by atoms with E-state index in [4.69, 9.17) is 4.74 Å². The molecule has 1 aromatic rings. The molecule has 0 N–H and O–H groups in total. The molecule has 1 aromatic carbocycles. The third kappa shape index (κ3) is 2.67. The van der Waals surface area contributed by atoms with Gasteiger partial charge in [0.1, 0.15) is 12.0 Å². The van der Waals surface area contributed by atoms with E-state index in [0.29, 0.717) is 24.2 Å². The van der Waals surface area contributed by atoms with Crippen LogP contribution in [0.3, 0.4) is 0 Å². The lowest BCUT2D eigenvalue weighted by atomic mass is 9.77. The number of carbonyl (C=O) groups excluding carboxylic acids is 1. The maximum atomic E-state index is 14.1. The van der Waals surface area contributed by atoms with Gasteiger partial charge in [0.2, 0.25) is 0 Å². The summed E-state index contributed by atoms with van der Waals surface area (Å²) >= 11 is 0. The van der Waals surface area contributed by atoms with Crippen LogP contribution < -0.4 is 0 Å². The molecule has 2 rings (SSSR count). The van der Waals surface area contributed by atoms with E-state index in [0.717, 1.165) is 12.1 Å². The van der Waals surface area contributed by atoms with Crippen molar-refractivity contribution in [3.8, 4) is 0 Å². The Balaban J connectivity index is 2.65. The van der Waals surface area contributed by atoms with Gasteiger partial charge in [0.15, 0.2) is 17.5 Å². The average Bonchev–Trinajstić information content (AvgIpc) is 2.51. The van der Waals surface area contributed by atoms with Gasteiger partial charge in [-0.1, -0.05) is 13.8 Å². The fourth-order valence-electron chi connectivity index (χ4n) is 2.69. The molecular formula is C17H17F3O2. The third-order valence-electron chi connectivity index (χ3n) is 4.03. The first kappa shape index (κ1) is 16.3. The second-order valence-electron chi connectivity index (χ2n) is 5.27. The summed E-state index contributed by atoms with van der Waals surface area (Å²) in [6.07, 6.45) is 2.12. The molecule has 5 heteroatoms. The normalized spacial score (nSPS) is 21.6. The van der Waals surface area contributed by atoms with Crippen LogP contribution in [0.1, 0.15) is 26.3 Å². The zero-order chi connectivity index (χ0) is 16.4. The molecule has 0 heterocycles. The van der Waals surface area contributed by atoms with Crippen molar-refractivity contribution in [2.75, 3.05) is 6.61 Å². The second-order valence-corrected chi connectivity index (χ2v) is 5.27. The van der Waals surface area contributed by atoms with Gasteiger partial charge in [0.05, 0.1) is 6.61 Å². The van der Waals surface area contributed by atoms with Crippen LogP contribution in [-0.2, 0) is 9.53 Å². The van der Waals surface area contributed by atoms with Crippen LogP contribution in [0, 0.1) is 29.3 Å². The molecule has 1 aliphatic carbocycles. The van der Waals surface area contributed by atoms with Crippen molar-refractivity contribution >= 4 is 11.9 Å². The first-order chi connectivity index (χ1) is 10.4. The molecule has 118 valence electrons. The van der Waals surface area contributed by atoms with Gasteiger partial charge in [0.25, 0.3) is 0 Å². The number of hydrogen-bond acceptors (Lipinski definition) is 2. The van der Waals surface area contributed by atoms with E-state index in [1.165, 1.54) is 6.08 Å². The fraction of sp³-hybridized carbons (Fsp3) is 0.353.